The largest absolute Gasteiger partial charge is 0.337 e. The number of rotatable bonds is 2. The molecule has 3 aromatic rings. The quantitative estimate of drug-likeness (QED) is 0.667. The second kappa shape index (κ2) is 6.36. The predicted octanol–water partition coefficient (Wildman–Crippen LogP) is 2.69. The third-order valence-corrected chi connectivity index (χ3v) is 5.03. The molecule has 0 N–H and O–H groups in total. The van der Waals surface area contributed by atoms with E-state index >= 15 is 0 Å². The SMILES string of the molecule is C(#Cc1ccccn1)c1ccc(-c2noc(C3CC4CCN3C4)n2)nc1. The molecule has 0 spiro atoms. The highest BCUT2D eigenvalue weighted by molar-refractivity contribution is 5.50. The van der Waals surface area contributed by atoms with Gasteiger partial charge in [0, 0.05) is 24.5 Å². The molecule has 2 saturated heterocycles. The Morgan fingerprint density at radius 1 is 1.12 bits per heavy atom. The Balaban J connectivity index is 1.33. The highest BCUT2D eigenvalue weighted by Crippen LogP contribution is 2.41. The molecular formula is C20H17N5O. The van der Waals surface area contributed by atoms with E-state index in [1.165, 1.54) is 6.42 Å². The number of fused-ring (bicyclic) bond motifs is 2. The Morgan fingerprint density at radius 2 is 2.12 bits per heavy atom. The summed E-state index contributed by atoms with van der Waals surface area (Å²) in [5, 5.41) is 4.12. The van der Waals surface area contributed by atoms with Gasteiger partial charge in [0.15, 0.2) is 0 Å². The first-order valence-corrected chi connectivity index (χ1v) is 8.82. The highest BCUT2D eigenvalue weighted by Gasteiger charge is 2.41. The average molecular weight is 343 g/mol. The summed E-state index contributed by atoms with van der Waals surface area (Å²) in [6, 6.07) is 9.72. The van der Waals surface area contributed by atoms with Crippen LogP contribution in [0.25, 0.3) is 11.5 Å². The van der Waals surface area contributed by atoms with Crippen LogP contribution in [0, 0.1) is 17.8 Å². The van der Waals surface area contributed by atoms with Gasteiger partial charge in [0.25, 0.3) is 0 Å². The van der Waals surface area contributed by atoms with E-state index in [9.17, 15) is 0 Å². The minimum Gasteiger partial charge on any atom is -0.337 e. The van der Waals surface area contributed by atoms with E-state index in [-0.39, 0.29) is 6.04 Å². The van der Waals surface area contributed by atoms with E-state index < -0.39 is 0 Å². The molecule has 3 unspecified atom stereocenters. The highest BCUT2D eigenvalue weighted by atomic mass is 16.5. The number of hydrogen-bond acceptors (Lipinski definition) is 6. The summed E-state index contributed by atoms with van der Waals surface area (Å²) in [6.07, 6.45) is 5.87. The van der Waals surface area contributed by atoms with Gasteiger partial charge < -0.3 is 4.52 Å². The monoisotopic (exact) mass is 343 g/mol. The minimum atomic E-state index is 0.276. The van der Waals surface area contributed by atoms with Crippen molar-refractivity contribution in [3.05, 3.63) is 59.9 Å². The summed E-state index contributed by atoms with van der Waals surface area (Å²) in [7, 11) is 0. The fourth-order valence-electron chi connectivity index (χ4n) is 3.71. The van der Waals surface area contributed by atoms with Crippen molar-refractivity contribution in [1.29, 1.82) is 0 Å². The lowest BCUT2D eigenvalue weighted by Crippen LogP contribution is -2.22. The summed E-state index contributed by atoms with van der Waals surface area (Å²) in [5.41, 5.74) is 2.25. The minimum absolute atomic E-state index is 0.276. The van der Waals surface area contributed by atoms with Gasteiger partial charge in [-0.1, -0.05) is 17.1 Å². The maximum absolute atomic E-state index is 5.51. The van der Waals surface area contributed by atoms with Gasteiger partial charge in [0.2, 0.25) is 11.7 Å². The number of aromatic nitrogens is 4. The first kappa shape index (κ1) is 15.2. The van der Waals surface area contributed by atoms with Crippen LogP contribution in [0.2, 0.25) is 0 Å². The van der Waals surface area contributed by atoms with Crippen molar-refractivity contribution in [2.75, 3.05) is 13.1 Å². The summed E-state index contributed by atoms with van der Waals surface area (Å²) < 4.78 is 5.51. The number of nitrogens with zero attached hydrogens (tertiary/aromatic N) is 5. The van der Waals surface area contributed by atoms with Crippen LogP contribution in [0.1, 0.15) is 36.0 Å². The molecule has 2 fully saturated rings. The van der Waals surface area contributed by atoms with E-state index in [1.54, 1.807) is 12.4 Å². The lowest BCUT2D eigenvalue weighted by atomic mass is 10.0. The van der Waals surface area contributed by atoms with Crippen LogP contribution in [0.4, 0.5) is 0 Å². The van der Waals surface area contributed by atoms with Crippen molar-refractivity contribution in [3.63, 3.8) is 0 Å². The third-order valence-electron chi connectivity index (χ3n) is 5.03. The van der Waals surface area contributed by atoms with Crippen molar-refractivity contribution in [3.8, 4) is 23.4 Å². The molecule has 2 aliphatic rings. The van der Waals surface area contributed by atoms with Crippen molar-refractivity contribution < 1.29 is 4.52 Å². The van der Waals surface area contributed by atoms with Crippen LogP contribution in [0.3, 0.4) is 0 Å². The van der Waals surface area contributed by atoms with Crippen LogP contribution in [0.15, 0.2) is 47.2 Å². The van der Waals surface area contributed by atoms with Crippen LogP contribution >= 0.6 is 0 Å². The molecule has 26 heavy (non-hydrogen) atoms. The second-order valence-electron chi connectivity index (χ2n) is 6.75. The third kappa shape index (κ3) is 2.87. The maximum Gasteiger partial charge on any atom is 0.244 e. The van der Waals surface area contributed by atoms with E-state index in [0.717, 1.165) is 36.7 Å². The molecular weight excluding hydrogens is 326 g/mol. The molecule has 0 aliphatic carbocycles. The Morgan fingerprint density at radius 3 is 2.85 bits per heavy atom. The van der Waals surface area contributed by atoms with E-state index in [0.29, 0.717) is 17.4 Å². The van der Waals surface area contributed by atoms with Gasteiger partial charge >= 0.3 is 0 Å². The number of piperidine rings is 1. The zero-order valence-corrected chi connectivity index (χ0v) is 14.2. The summed E-state index contributed by atoms with van der Waals surface area (Å²) in [5.74, 6) is 8.11. The topological polar surface area (TPSA) is 67.9 Å². The molecule has 0 amide bonds. The standard InChI is InChI=1S/C20H17N5O/c1-2-9-21-16(3-1)6-4-14-5-7-17(22-12-14)19-23-20(26-24-19)18-11-15-8-10-25(18)13-15/h1-3,5,7,9,12,15,18H,8,10-11,13H2. The molecule has 128 valence electrons. The second-order valence-corrected chi connectivity index (χ2v) is 6.75. The van der Waals surface area contributed by atoms with Gasteiger partial charge in [0.1, 0.15) is 11.4 Å². The van der Waals surface area contributed by atoms with Crippen molar-refractivity contribution >= 4 is 0 Å². The Labute approximate surface area is 151 Å². The van der Waals surface area contributed by atoms with Crippen LogP contribution in [0.5, 0.6) is 0 Å². The number of pyridine rings is 2. The molecule has 6 heteroatoms. The normalized spacial score (nSPS) is 23.6. The Bertz CT molecular complexity index is 971. The molecule has 6 nitrogen and oxygen atoms in total. The zero-order valence-electron chi connectivity index (χ0n) is 14.2. The van der Waals surface area contributed by atoms with Gasteiger partial charge in [-0.3, -0.25) is 9.88 Å². The van der Waals surface area contributed by atoms with Gasteiger partial charge in [-0.05, 0) is 55.5 Å². The molecule has 2 bridgehead atoms. The first-order chi connectivity index (χ1) is 12.8. The fourth-order valence-corrected chi connectivity index (χ4v) is 3.71. The lowest BCUT2D eigenvalue weighted by Gasteiger charge is -2.20. The molecule has 0 radical (unpaired) electrons. The van der Waals surface area contributed by atoms with Crippen molar-refractivity contribution in [1.82, 2.24) is 25.0 Å². The van der Waals surface area contributed by atoms with E-state index in [1.807, 2.05) is 30.3 Å². The first-order valence-electron chi connectivity index (χ1n) is 8.82. The van der Waals surface area contributed by atoms with Gasteiger partial charge in [-0.25, -0.2) is 4.98 Å². The van der Waals surface area contributed by atoms with Crippen LogP contribution in [-0.4, -0.2) is 38.1 Å². The fraction of sp³-hybridized carbons (Fsp3) is 0.300. The molecule has 2 aliphatic heterocycles. The van der Waals surface area contributed by atoms with Gasteiger partial charge in [-0.2, -0.15) is 4.98 Å². The van der Waals surface area contributed by atoms with Gasteiger partial charge in [0.05, 0.1) is 6.04 Å². The Hall–Kier alpha value is -3.04. The molecule has 5 rings (SSSR count). The summed E-state index contributed by atoms with van der Waals surface area (Å²) in [6.45, 7) is 2.29. The van der Waals surface area contributed by atoms with Crippen molar-refractivity contribution in [2.24, 2.45) is 5.92 Å². The predicted molar refractivity (Wildman–Crippen MR) is 94.8 cm³/mol. The van der Waals surface area contributed by atoms with Gasteiger partial charge in [-0.15, -0.1) is 0 Å². The summed E-state index contributed by atoms with van der Waals surface area (Å²) >= 11 is 0. The smallest absolute Gasteiger partial charge is 0.244 e. The molecule has 3 aromatic heterocycles. The zero-order chi connectivity index (χ0) is 17.3. The maximum atomic E-state index is 5.51. The van der Waals surface area contributed by atoms with Crippen molar-refractivity contribution in [2.45, 2.75) is 18.9 Å². The molecule has 3 atom stereocenters. The van der Waals surface area contributed by atoms with Crippen LogP contribution < -0.4 is 0 Å². The Kier molecular flexibility index (Phi) is 3.72. The molecule has 0 saturated carbocycles. The lowest BCUT2D eigenvalue weighted by molar-refractivity contribution is 0.209. The molecule has 0 aromatic carbocycles. The number of hydrogen-bond donors (Lipinski definition) is 0. The summed E-state index contributed by atoms with van der Waals surface area (Å²) in [4.78, 5) is 15.6. The van der Waals surface area contributed by atoms with Crippen LogP contribution in [-0.2, 0) is 0 Å². The van der Waals surface area contributed by atoms with E-state index in [2.05, 4.69) is 36.8 Å². The average Bonchev–Trinajstić information content (AvgIpc) is 3.44. The molecule has 5 heterocycles. The van der Waals surface area contributed by atoms with E-state index in [4.69, 9.17) is 4.52 Å².